The average molecular weight is 285 g/mol. The van der Waals surface area contributed by atoms with E-state index in [2.05, 4.69) is 0 Å². The number of halogens is 1. The zero-order chi connectivity index (χ0) is 14.8. The molecule has 0 unspecified atom stereocenters. The Morgan fingerprint density at radius 3 is 2.76 bits per heavy atom. The number of hydrogen-bond acceptors (Lipinski definition) is 2. The standard InChI is InChI=1S/C17H16FNO2/c1-12-10-13-6-2-4-8-15(13)19(12)17(20)11-21-16-9-5-3-7-14(16)18/h2-9,12H,10-11H2,1H3/t12-/m1/s1. The van der Waals surface area contributed by atoms with Crippen molar-refractivity contribution in [3.05, 3.63) is 59.9 Å². The average Bonchev–Trinajstić information content (AvgIpc) is 2.82. The molecule has 0 fully saturated rings. The third-order valence-electron chi connectivity index (χ3n) is 3.66. The Balaban J connectivity index is 1.73. The van der Waals surface area contributed by atoms with Crippen LogP contribution < -0.4 is 9.64 Å². The van der Waals surface area contributed by atoms with Gasteiger partial charge in [0.15, 0.2) is 18.2 Å². The second-order valence-electron chi connectivity index (χ2n) is 5.16. The smallest absolute Gasteiger partial charge is 0.265 e. The minimum atomic E-state index is -0.458. The predicted octanol–water partition coefficient (Wildman–Crippen LogP) is 3.18. The van der Waals surface area contributed by atoms with Gasteiger partial charge in [0.2, 0.25) is 0 Å². The van der Waals surface area contributed by atoms with Crippen LogP contribution in [0.3, 0.4) is 0 Å². The number of ether oxygens (including phenoxy) is 1. The Kier molecular flexibility index (Phi) is 3.60. The Bertz CT molecular complexity index is 671. The van der Waals surface area contributed by atoms with Crippen LogP contribution in [-0.2, 0) is 11.2 Å². The Hall–Kier alpha value is -2.36. The number of nitrogens with zero attached hydrogens (tertiary/aromatic N) is 1. The lowest BCUT2D eigenvalue weighted by atomic mass is 10.1. The van der Waals surface area contributed by atoms with E-state index in [-0.39, 0.29) is 24.3 Å². The van der Waals surface area contributed by atoms with Crippen LogP contribution in [-0.4, -0.2) is 18.6 Å². The third-order valence-corrected chi connectivity index (χ3v) is 3.66. The minimum Gasteiger partial charge on any atom is -0.481 e. The first-order chi connectivity index (χ1) is 10.2. The number of rotatable bonds is 3. The summed E-state index contributed by atoms with van der Waals surface area (Å²) in [6.07, 6.45) is 0.835. The molecule has 108 valence electrons. The molecule has 0 spiro atoms. The maximum Gasteiger partial charge on any atom is 0.265 e. The molecule has 3 nitrogen and oxygen atoms in total. The zero-order valence-electron chi connectivity index (χ0n) is 11.8. The Morgan fingerprint density at radius 2 is 1.95 bits per heavy atom. The quantitative estimate of drug-likeness (QED) is 0.867. The predicted molar refractivity (Wildman–Crippen MR) is 79.0 cm³/mol. The van der Waals surface area contributed by atoms with E-state index in [1.165, 1.54) is 12.1 Å². The number of carbonyl (C=O) groups excluding carboxylic acids is 1. The molecular formula is C17H16FNO2. The molecule has 2 aromatic rings. The summed E-state index contributed by atoms with van der Waals surface area (Å²) in [6, 6.07) is 14.0. The normalized spacial score (nSPS) is 16.7. The highest BCUT2D eigenvalue weighted by atomic mass is 19.1. The summed E-state index contributed by atoms with van der Waals surface area (Å²) in [5, 5.41) is 0. The molecule has 0 saturated carbocycles. The fraction of sp³-hybridized carbons (Fsp3) is 0.235. The van der Waals surface area contributed by atoms with Crippen molar-refractivity contribution < 1.29 is 13.9 Å². The van der Waals surface area contributed by atoms with Gasteiger partial charge in [-0.25, -0.2) is 4.39 Å². The number of carbonyl (C=O) groups is 1. The van der Waals surface area contributed by atoms with Crippen LogP contribution in [0.1, 0.15) is 12.5 Å². The maximum atomic E-state index is 13.5. The van der Waals surface area contributed by atoms with Gasteiger partial charge in [-0.2, -0.15) is 0 Å². The molecule has 1 amide bonds. The molecule has 1 heterocycles. The fourth-order valence-corrected chi connectivity index (χ4v) is 2.72. The number of hydrogen-bond donors (Lipinski definition) is 0. The monoisotopic (exact) mass is 285 g/mol. The number of amides is 1. The van der Waals surface area contributed by atoms with E-state index in [4.69, 9.17) is 4.74 Å². The van der Waals surface area contributed by atoms with Crippen molar-refractivity contribution >= 4 is 11.6 Å². The number of fused-ring (bicyclic) bond motifs is 1. The van der Waals surface area contributed by atoms with Crippen LogP contribution >= 0.6 is 0 Å². The van der Waals surface area contributed by atoms with Crippen LogP contribution in [0.4, 0.5) is 10.1 Å². The van der Waals surface area contributed by atoms with E-state index >= 15 is 0 Å². The lowest BCUT2D eigenvalue weighted by molar-refractivity contribution is -0.120. The molecule has 0 bridgehead atoms. The van der Waals surface area contributed by atoms with Gasteiger partial charge in [0.25, 0.3) is 5.91 Å². The van der Waals surface area contributed by atoms with Gasteiger partial charge < -0.3 is 9.64 Å². The van der Waals surface area contributed by atoms with Crippen molar-refractivity contribution in [1.29, 1.82) is 0 Å². The highest BCUT2D eigenvalue weighted by Crippen LogP contribution is 2.31. The van der Waals surface area contributed by atoms with E-state index in [0.29, 0.717) is 0 Å². The van der Waals surface area contributed by atoms with Crippen molar-refractivity contribution in [1.82, 2.24) is 0 Å². The van der Waals surface area contributed by atoms with Crippen molar-refractivity contribution in [3.8, 4) is 5.75 Å². The topological polar surface area (TPSA) is 29.5 Å². The number of anilines is 1. The van der Waals surface area contributed by atoms with Gasteiger partial charge >= 0.3 is 0 Å². The van der Waals surface area contributed by atoms with Crippen LogP contribution in [0, 0.1) is 5.82 Å². The van der Waals surface area contributed by atoms with E-state index in [0.717, 1.165) is 17.7 Å². The Morgan fingerprint density at radius 1 is 1.24 bits per heavy atom. The van der Waals surface area contributed by atoms with Gasteiger partial charge in [0.1, 0.15) is 0 Å². The highest BCUT2D eigenvalue weighted by Gasteiger charge is 2.30. The molecule has 2 aromatic carbocycles. The molecular weight excluding hydrogens is 269 g/mol. The van der Waals surface area contributed by atoms with Crippen molar-refractivity contribution in [2.45, 2.75) is 19.4 Å². The lowest BCUT2D eigenvalue weighted by Gasteiger charge is -2.22. The molecule has 4 heteroatoms. The first-order valence-electron chi connectivity index (χ1n) is 6.94. The van der Waals surface area contributed by atoms with Gasteiger partial charge in [-0.15, -0.1) is 0 Å². The molecule has 1 aliphatic rings. The molecule has 0 N–H and O–H groups in total. The van der Waals surface area contributed by atoms with E-state index < -0.39 is 5.82 Å². The zero-order valence-corrected chi connectivity index (χ0v) is 11.8. The summed E-state index contributed by atoms with van der Waals surface area (Å²) in [6.45, 7) is 1.83. The molecule has 0 radical (unpaired) electrons. The van der Waals surface area contributed by atoms with Crippen molar-refractivity contribution in [3.63, 3.8) is 0 Å². The van der Waals surface area contributed by atoms with Crippen LogP contribution in [0.25, 0.3) is 0 Å². The molecule has 0 aromatic heterocycles. The Labute approximate surface area is 123 Å². The van der Waals surface area contributed by atoms with Gasteiger partial charge in [0.05, 0.1) is 0 Å². The summed E-state index contributed by atoms with van der Waals surface area (Å²) >= 11 is 0. The SMILES string of the molecule is C[C@@H]1Cc2ccccc2N1C(=O)COc1ccccc1F. The molecule has 1 atom stereocenters. The molecule has 0 aliphatic carbocycles. The minimum absolute atomic E-state index is 0.0964. The van der Waals surface area contributed by atoms with Crippen molar-refractivity contribution in [2.24, 2.45) is 0 Å². The second kappa shape index (κ2) is 5.56. The van der Waals surface area contributed by atoms with Crippen molar-refractivity contribution in [2.75, 3.05) is 11.5 Å². The first-order valence-corrected chi connectivity index (χ1v) is 6.94. The van der Waals surface area contributed by atoms with E-state index in [1.54, 1.807) is 17.0 Å². The molecule has 3 rings (SSSR count). The lowest BCUT2D eigenvalue weighted by Crippen LogP contribution is -2.39. The van der Waals surface area contributed by atoms with E-state index in [9.17, 15) is 9.18 Å². The maximum absolute atomic E-state index is 13.5. The summed E-state index contributed by atoms with van der Waals surface area (Å²) < 4.78 is 18.8. The summed E-state index contributed by atoms with van der Waals surface area (Å²) in [4.78, 5) is 14.1. The second-order valence-corrected chi connectivity index (χ2v) is 5.16. The largest absolute Gasteiger partial charge is 0.481 e. The highest BCUT2D eigenvalue weighted by molar-refractivity contribution is 5.97. The number of benzene rings is 2. The van der Waals surface area contributed by atoms with E-state index in [1.807, 2.05) is 31.2 Å². The van der Waals surface area contributed by atoms with Gasteiger partial charge in [-0.3, -0.25) is 4.79 Å². The summed E-state index contributed by atoms with van der Waals surface area (Å²) in [7, 11) is 0. The van der Waals surface area contributed by atoms with Gasteiger partial charge in [0, 0.05) is 11.7 Å². The van der Waals surface area contributed by atoms with Crippen LogP contribution in [0.15, 0.2) is 48.5 Å². The fourth-order valence-electron chi connectivity index (χ4n) is 2.72. The number of para-hydroxylation sites is 2. The molecule has 1 aliphatic heterocycles. The first kappa shape index (κ1) is 13.6. The molecule has 21 heavy (non-hydrogen) atoms. The van der Waals surface area contributed by atoms with Crippen LogP contribution in [0.2, 0.25) is 0 Å². The summed E-state index contributed by atoms with van der Waals surface area (Å²) in [5.41, 5.74) is 2.08. The summed E-state index contributed by atoms with van der Waals surface area (Å²) in [5.74, 6) is -0.512. The van der Waals surface area contributed by atoms with Crippen LogP contribution in [0.5, 0.6) is 5.75 Å². The molecule has 0 saturated heterocycles. The van der Waals surface area contributed by atoms with Gasteiger partial charge in [-0.05, 0) is 37.1 Å². The van der Waals surface area contributed by atoms with Gasteiger partial charge in [-0.1, -0.05) is 30.3 Å². The third kappa shape index (κ3) is 2.61.